The third-order valence-electron chi connectivity index (χ3n) is 2.27. The van der Waals surface area contributed by atoms with Crippen molar-refractivity contribution >= 4 is 17.7 Å². The Labute approximate surface area is 117 Å². The minimum Gasteiger partial charge on any atom is -0.462 e. The van der Waals surface area contributed by atoms with E-state index < -0.39 is 12.0 Å². The van der Waals surface area contributed by atoms with Gasteiger partial charge in [-0.15, -0.1) is 0 Å². The van der Waals surface area contributed by atoms with Crippen molar-refractivity contribution in [3.8, 4) is 6.07 Å². The smallest absolute Gasteiger partial charge is 0.350 e. The number of nitrogens with zero attached hydrogens (tertiary/aromatic N) is 1. The normalized spacial score (nSPS) is 10.3. The van der Waals surface area contributed by atoms with Crippen molar-refractivity contribution in [3.63, 3.8) is 0 Å². The lowest BCUT2D eigenvalue weighted by molar-refractivity contribution is -0.138. The molecule has 6 nitrogen and oxygen atoms in total. The van der Waals surface area contributed by atoms with Gasteiger partial charge in [0.05, 0.1) is 6.61 Å². The van der Waals surface area contributed by atoms with Crippen LogP contribution in [0.3, 0.4) is 0 Å². The average Bonchev–Trinajstić information content (AvgIpc) is 2.42. The molecule has 0 radical (unpaired) electrons. The van der Waals surface area contributed by atoms with Gasteiger partial charge >= 0.3 is 12.0 Å². The van der Waals surface area contributed by atoms with Gasteiger partial charge in [-0.3, -0.25) is 0 Å². The Hall–Kier alpha value is -2.81. The quantitative estimate of drug-likeness (QED) is 0.499. The molecular formula is C14H15N3O3. The number of nitrogens with one attached hydrogen (secondary N) is 2. The minimum absolute atomic E-state index is 0.160. The fraction of sp³-hybridized carbons (Fsp3) is 0.214. The van der Waals surface area contributed by atoms with Crippen LogP contribution < -0.4 is 10.6 Å². The van der Waals surface area contributed by atoms with Gasteiger partial charge in [0.2, 0.25) is 0 Å². The monoisotopic (exact) mass is 273 g/mol. The maximum absolute atomic E-state index is 11.6. The van der Waals surface area contributed by atoms with Crippen molar-refractivity contribution in [1.29, 1.82) is 5.26 Å². The number of carbonyl (C=O) groups is 2. The molecule has 20 heavy (non-hydrogen) atoms. The summed E-state index contributed by atoms with van der Waals surface area (Å²) >= 11 is 0. The second kappa shape index (κ2) is 7.59. The molecule has 0 heterocycles. The molecule has 0 spiro atoms. The third kappa shape index (κ3) is 4.82. The SMILES string of the molecule is CCOC(=O)C(C#N)=CNC(=O)Nc1ccc(C)cc1. The van der Waals surface area contributed by atoms with Crippen LogP contribution >= 0.6 is 0 Å². The van der Waals surface area contributed by atoms with Crippen LogP contribution in [0.2, 0.25) is 0 Å². The molecule has 1 rings (SSSR count). The first-order chi connectivity index (χ1) is 9.56. The number of ether oxygens (including phenoxy) is 1. The van der Waals surface area contributed by atoms with E-state index in [-0.39, 0.29) is 12.2 Å². The van der Waals surface area contributed by atoms with E-state index in [1.807, 2.05) is 19.1 Å². The van der Waals surface area contributed by atoms with Gasteiger partial charge in [-0.1, -0.05) is 17.7 Å². The molecule has 0 aliphatic carbocycles. The molecular weight excluding hydrogens is 258 g/mol. The number of urea groups is 1. The Bertz CT molecular complexity index is 556. The Balaban J connectivity index is 2.59. The highest BCUT2D eigenvalue weighted by Gasteiger charge is 2.10. The summed E-state index contributed by atoms with van der Waals surface area (Å²) < 4.78 is 4.66. The van der Waals surface area contributed by atoms with Crippen LogP contribution in [0.1, 0.15) is 12.5 Å². The number of aryl methyl sites for hydroxylation is 1. The average molecular weight is 273 g/mol. The fourth-order valence-corrected chi connectivity index (χ4v) is 1.29. The van der Waals surface area contributed by atoms with Crippen molar-refractivity contribution < 1.29 is 14.3 Å². The Kier molecular flexibility index (Phi) is 5.78. The van der Waals surface area contributed by atoms with E-state index in [2.05, 4.69) is 15.4 Å². The maximum Gasteiger partial charge on any atom is 0.350 e. The molecule has 0 bridgehead atoms. The van der Waals surface area contributed by atoms with Gasteiger partial charge in [-0.05, 0) is 26.0 Å². The van der Waals surface area contributed by atoms with E-state index in [1.165, 1.54) is 0 Å². The Morgan fingerprint density at radius 3 is 2.55 bits per heavy atom. The summed E-state index contributed by atoms with van der Waals surface area (Å²) in [5, 5.41) is 13.6. The minimum atomic E-state index is -0.773. The summed E-state index contributed by atoms with van der Waals surface area (Å²) in [5.74, 6) is -0.773. The van der Waals surface area contributed by atoms with Crippen LogP contribution in [0.25, 0.3) is 0 Å². The number of nitriles is 1. The highest BCUT2D eigenvalue weighted by molar-refractivity contribution is 5.95. The van der Waals surface area contributed by atoms with Gasteiger partial charge in [0, 0.05) is 11.9 Å². The molecule has 0 unspecified atom stereocenters. The standard InChI is InChI=1S/C14H15N3O3/c1-3-20-13(18)11(8-15)9-16-14(19)17-12-6-4-10(2)5-7-12/h4-7,9H,3H2,1-2H3,(H2,16,17,19). The zero-order chi connectivity index (χ0) is 15.0. The molecule has 0 saturated carbocycles. The van der Waals surface area contributed by atoms with Gasteiger partial charge < -0.3 is 15.4 Å². The summed E-state index contributed by atoms with van der Waals surface area (Å²) in [6, 6.07) is 8.30. The molecule has 0 atom stereocenters. The van der Waals surface area contributed by atoms with Crippen molar-refractivity contribution in [2.45, 2.75) is 13.8 Å². The first-order valence-corrected chi connectivity index (χ1v) is 5.98. The van der Waals surface area contributed by atoms with Crippen molar-refractivity contribution in [2.24, 2.45) is 0 Å². The fourth-order valence-electron chi connectivity index (χ4n) is 1.29. The predicted octanol–water partition coefficient (Wildman–Crippen LogP) is 2.09. The summed E-state index contributed by atoms with van der Waals surface area (Å²) in [5.41, 5.74) is 1.41. The summed E-state index contributed by atoms with van der Waals surface area (Å²) in [6.07, 6.45) is 1.02. The molecule has 0 aliphatic rings. The second-order valence-electron chi connectivity index (χ2n) is 3.85. The van der Waals surface area contributed by atoms with Gasteiger partial charge in [0.15, 0.2) is 5.57 Å². The largest absolute Gasteiger partial charge is 0.462 e. The van der Waals surface area contributed by atoms with E-state index in [1.54, 1.807) is 25.1 Å². The topological polar surface area (TPSA) is 91.2 Å². The highest BCUT2D eigenvalue weighted by Crippen LogP contribution is 2.08. The van der Waals surface area contributed by atoms with Crippen molar-refractivity contribution in [1.82, 2.24) is 5.32 Å². The zero-order valence-corrected chi connectivity index (χ0v) is 11.3. The van der Waals surface area contributed by atoms with E-state index in [0.717, 1.165) is 11.8 Å². The van der Waals surface area contributed by atoms with Crippen molar-refractivity contribution in [3.05, 3.63) is 41.6 Å². The Morgan fingerprint density at radius 1 is 1.35 bits per heavy atom. The van der Waals surface area contributed by atoms with Crippen LogP contribution in [0.15, 0.2) is 36.0 Å². The molecule has 1 aromatic rings. The number of hydrogen-bond donors (Lipinski definition) is 2. The summed E-state index contributed by atoms with van der Waals surface area (Å²) in [4.78, 5) is 22.9. The number of amides is 2. The lowest BCUT2D eigenvalue weighted by Crippen LogP contribution is -2.25. The van der Waals surface area contributed by atoms with E-state index in [4.69, 9.17) is 5.26 Å². The first kappa shape index (κ1) is 15.2. The molecule has 1 aromatic carbocycles. The molecule has 0 aliphatic heterocycles. The van der Waals surface area contributed by atoms with E-state index in [0.29, 0.717) is 5.69 Å². The van der Waals surface area contributed by atoms with Gasteiger partial charge in [-0.25, -0.2) is 9.59 Å². The number of rotatable bonds is 4. The summed E-state index contributed by atoms with van der Waals surface area (Å²) in [7, 11) is 0. The second-order valence-corrected chi connectivity index (χ2v) is 3.85. The van der Waals surface area contributed by atoms with Crippen molar-refractivity contribution in [2.75, 3.05) is 11.9 Å². The molecule has 2 N–H and O–H groups in total. The first-order valence-electron chi connectivity index (χ1n) is 5.98. The molecule has 6 heteroatoms. The number of hydrogen-bond acceptors (Lipinski definition) is 4. The maximum atomic E-state index is 11.6. The number of esters is 1. The van der Waals surface area contributed by atoms with E-state index >= 15 is 0 Å². The van der Waals surface area contributed by atoms with Crippen LogP contribution in [0, 0.1) is 18.3 Å². The van der Waals surface area contributed by atoms with E-state index in [9.17, 15) is 9.59 Å². The molecule has 104 valence electrons. The lowest BCUT2D eigenvalue weighted by Gasteiger charge is -2.05. The van der Waals surface area contributed by atoms with Gasteiger partial charge in [0.1, 0.15) is 6.07 Å². The zero-order valence-electron chi connectivity index (χ0n) is 11.3. The molecule has 0 saturated heterocycles. The third-order valence-corrected chi connectivity index (χ3v) is 2.27. The van der Waals surface area contributed by atoms with Crippen LogP contribution in [-0.4, -0.2) is 18.6 Å². The molecule has 0 fully saturated rings. The van der Waals surface area contributed by atoms with Crippen LogP contribution in [-0.2, 0) is 9.53 Å². The number of anilines is 1. The molecule has 0 aromatic heterocycles. The van der Waals surface area contributed by atoms with Gasteiger partial charge in [-0.2, -0.15) is 5.26 Å². The number of carbonyl (C=O) groups excluding carboxylic acids is 2. The van der Waals surface area contributed by atoms with Crippen LogP contribution in [0.5, 0.6) is 0 Å². The highest BCUT2D eigenvalue weighted by atomic mass is 16.5. The van der Waals surface area contributed by atoms with Gasteiger partial charge in [0.25, 0.3) is 0 Å². The Morgan fingerprint density at radius 2 is 2.00 bits per heavy atom. The lowest BCUT2D eigenvalue weighted by atomic mass is 10.2. The number of benzene rings is 1. The summed E-state index contributed by atoms with van der Waals surface area (Å²) in [6.45, 7) is 3.73. The van der Waals surface area contributed by atoms with Crippen LogP contribution in [0.4, 0.5) is 10.5 Å². The molecule has 2 amide bonds. The predicted molar refractivity (Wildman–Crippen MR) is 73.7 cm³/mol.